The maximum absolute atomic E-state index is 13.9. The minimum absolute atomic E-state index is 0.134. The van der Waals surface area contributed by atoms with E-state index in [1.54, 1.807) is 0 Å². The van der Waals surface area contributed by atoms with Crippen LogP contribution in [0.15, 0.2) is 66.7 Å². The minimum Gasteiger partial charge on any atom is -0.494 e. The molecule has 2 bridgehead atoms. The third kappa shape index (κ3) is 4.00. The van der Waals surface area contributed by atoms with Gasteiger partial charge in [-0.05, 0) is 81.9 Å². The molecular weight excluding hydrogens is 458 g/mol. The van der Waals surface area contributed by atoms with Gasteiger partial charge in [-0.15, -0.1) is 0 Å². The molecule has 1 saturated heterocycles. The molecule has 0 radical (unpaired) electrons. The number of anilines is 2. The van der Waals surface area contributed by atoms with Gasteiger partial charge in [0.15, 0.2) is 10.8 Å². The van der Waals surface area contributed by atoms with Crippen molar-refractivity contribution in [3.05, 3.63) is 83.4 Å². The zero-order valence-corrected chi connectivity index (χ0v) is 21.1. The Kier molecular flexibility index (Phi) is 5.89. The Bertz CT molecular complexity index is 1290. The Labute approximate surface area is 211 Å². The summed E-state index contributed by atoms with van der Waals surface area (Å²) in [5.74, 6) is 0.789. The lowest BCUT2D eigenvalue weighted by Gasteiger charge is -2.56. The monoisotopic (exact) mass is 487 g/mol. The second-order valence-corrected chi connectivity index (χ2v) is 9.56. The normalized spacial score (nSPS) is 22.5. The standard InChI is InChI=1S/C28H29N3O3S/c1-5-33-20-13-11-19(12-14-20)31-27(35)30-25-21-8-6-7-9-23(21)34-28(31,4)24(25)26(32)29-22-15-10-17(2)16-18(22)3/h6-16,24-25H,5H2,1-4H3,(H,29,32)(H,30,35). The van der Waals surface area contributed by atoms with Crippen LogP contribution in [0.25, 0.3) is 0 Å². The van der Waals surface area contributed by atoms with Gasteiger partial charge in [0.1, 0.15) is 17.4 Å². The first kappa shape index (κ1) is 23.2. The zero-order valence-electron chi connectivity index (χ0n) is 20.3. The van der Waals surface area contributed by atoms with Crippen molar-refractivity contribution in [1.29, 1.82) is 0 Å². The third-order valence-electron chi connectivity index (χ3n) is 6.74. The summed E-state index contributed by atoms with van der Waals surface area (Å²) in [5, 5.41) is 7.11. The van der Waals surface area contributed by atoms with Gasteiger partial charge in [-0.25, -0.2) is 0 Å². The fourth-order valence-electron chi connectivity index (χ4n) is 5.14. The van der Waals surface area contributed by atoms with Crippen LogP contribution >= 0.6 is 12.2 Å². The topological polar surface area (TPSA) is 62.8 Å². The molecule has 0 saturated carbocycles. The van der Waals surface area contributed by atoms with E-state index < -0.39 is 11.6 Å². The van der Waals surface area contributed by atoms with Crippen molar-refractivity contribution in [2.24, 2.45) is 5.92 Å². The lowest BCUT2D eigenvalue weighted by molar-refractivity contribution is -0.130. The van der Waals surface area contributed by atoms with E-state index in [9.17, 15) is 4.79 Å². The molecule has 2 aliphatic heterocycles. The van der Waals surface area contributed by atoms with Gasteiger partial charge in [0.25, 0.3) is 0 Å². The minimum atomic E-state index is -1.06. The van der Waals surface area contributed by atoms with Crippen LogP contribution in [0.5, 0.6) is 11.5 Å². The maximum Gasteiger partial charge on any atom is 0.236 e. The fourth-order valence-corrected chi connectivity index (χ4v) is 5.55. The molecule has 0 aliphatic carbocycles. The number of aryl methyl sites for hydroxylation is 2. The molecule has 5 rings (SSSR count). The Morgan fingerprint density at radius 1 is 1.14 bits per heavy atom. The van der Waals surface area contributed by atoms with Crippen molar-refractivity contribution < 1.29 is 14.3 Å². The number of fused-ring (bicyclic) bond motifs is 4. The molecule has 180 valence electrons. The van der Waals surface area contributed by atoms with Crippen molar-refractivity contribution in [3.8, 4) is 11.5 Å². The maximum atomic E-state index is 13.9. The lowest BCUT2D eigenvalue weighted by Crippen LogP contribution is -2.72. The van der Waals surface area contributed by atoms with Crippen LogP contribution in [-0.4, -0.2) is 23.4 Å². The summed E-state index contributed by atoms with van der Waals surface area (Å²) in [7, 11) is 0. The molecule has 3 aromatic rings. The number of amides is 1. The SMILES string of the molecule is CCOc1ccc(N2C(=S)NC3c4ccccc4OC2(C)C3C(=O)Nc2ccc(C)cc2C)cc1. The van der Waals surface area contributed by atoms with Gasteiger partial charge >= 0.3 is 0 Å². The number of nitrogens with one attached hydrogen (secondary N) is 2. The van der Waals surface area contributed by atoms with E-state index in [0.717, 1.165) is 39.6 Å². The molecule has 7 heteroatoms. The van der Waals surface area contributed by atoms with E-state index in [1.165, 1.54) is 0 Å². The Hall–Kier alpha value is -3.58. The third-order valence-corrected chi connectivity index (χ3v) is 7.04. The summed E-state index contributed by atoms with van der Waals surface area (Å²) in [5.41, 5.74) is 3.62. The average molecular weight is 488 g/mol. The molecule has 3 atom stereocenters. The number of carbonyl (C=O) groups is 1. The summed E-state index contributed by atoms with van der Waals surface area (Å²) < 4.78 is 12.2. The number of rotatable bonds is 5. The number of nitrogens with zero attached hydrogens (tertiary/aromatic N) is 1. The Morgan fingerprint density at radius 2 is 1.89 bits per heavy atom. The van der Waals surface area contributed by atoms with Gasteiger partial charge in [0.05, 0.1) is 12.6 Å². The molecule has 3 unspecified atom stereocenters. The van der Waals surface area contributed by atoms with Crippen molar-refractivity contribution in [2.75, 3.05) is 16.8 Å². The molecule has 6 nitrogen and oxygen atoms in total. The van der Waals surface area contributed by atoms with Crippen LogP contribution in [0.1, 0.15) is 36.6 Å². The van der Waals surface area contributed by atoms with Crippen LogP contribution in [0.4, 0.5) is 11.4 Å². The molecular formula is C28H29N3O3S. The van der Waals surface area contributed by atoms with Crippen LogP contribution in [-0.2, 0) is 4.79 Å². The van der Waals surface area contributed by atoms with Crippen molar-refractivity contribution in [3.63, 3.8) is 0 Å². The number of carbonyl (C=O) groups excluding carboxylic acids is 1. The van der Waals surface area contributed by atoms with Gasteiger partial charge in [-0.3, -0.25) is 9.69 Å². The van der Waals surface area contributed by atoms with E-state index in [1.807, 2.05) is 93.3 Å². The number of para-hydroxylation sites is 1. The largest absolute Gasteiger partial charge is 0.494 e. The van der Waals surface area contributed by atoms with Gasteiger partial charge < -0.3 is 20.1 Å². The lowest BCUT2D eigenvalue weighted by atomic mass is 9.78. The smallest absolute Gasteiger partial charge is 0.236 e. The second kappa shape index (κ2) is 8.89. The van der Waals surface area contributed by atoms with E-state index in [0.29, 0.717) is 11.7 Å². The highest BCUT2D eigenvalue weighted by atomic mass is 32.1. The molecule has 2 N–H and O–H groups in total. The predicted octanol–water partition coefficient (Wildman–Crippen LogP) is 5.50. The summed E-state index contributed by atoms with van der Waals surface area (Å²) in [6.45, 7) is 8.51. The molecule has 0 spiro atoms. The molecule has 35 heavy (non-hydrogen) atoms. The summed E-state index contributed by atoms with van der Waals surface area (Å²) in [4.78, 5) is 15.8. The molecule has 3 aromatic carbocycles. The zero-order chi connectivity index (χ0) is 24.7. The van der Waals surface area contributed by atoms with Crippen LogP contribution < -0.4 is 25.0 Å². The molecule has 0 aromatic heterocycles. The Balaban J connectivity index is 1.58. The van der Waals surface area contributed by atoms with Gasteiger partial charge in [0, 0.05) is 16.9 Å². The Morgan fingerprint density at radius 3 is 2.60 bits per heavy atom. The number of hydrogen-bond acceptors (Lipinski definition) is 4. The van der Waals surface area contributed by atoms with E-state index in [4.69, 9.17) is 21.7 Å². The first-order valence-electron chi connectivity index (χ1n) is 11.8. The molecule has 2 heterocycles. The fraction of sp³-hybridized carbons (Fsp3) is 0.286. The second-order valence-electron chi connectivity index (χ2n) is 9.17. The van der Waals surface area contributed by atoms with Crippen LogP contribution in [0, 0.1) is 19.8 Å². The number of ether oxygens (including phenoxy) is 2. The van der Waals surface area contributed by atoms with Crippen LogP contribution in [0.3, 0.4) is 0 Å². The summed E-state index contributed by atoms with van der Waals surface area (Å²) in [6.07, 6.45) is 0. The predicted molar refractivity (Wildman–Crippen MR) is 142 cm³/mol. The highest BCUT2D eigenvalue weighted by Crippen LogP contribution is 2.49. The first-order valence-corrected chi connectivity index (χ1v) is 12.2. The van der Waals surface area contributed by atoms with Crippen LogP contribution in [0.2, 0.25) is 0 Å². The molecule has 1 fully saturated rings. The highest BCUT2D eigenvalue weighted by molar-refractivity contribution is 7.80. The number of thiocarbonyl (C=S) groups is 1. The highest BCUT2D eigenvalue weighted by Gasteiger charge is 2.59. The number of hydrogen-bond donors (Lipinski definition) is 2. The quantitative estimate of drug-likeness (QED) is 0.464. The van der Waals surface area contributed by atoms with E-state index in [2.05, 4.69) is 16.7 Å². The van der Waals surface area contributed by atoms with E-state index >= 15 is 0 Å². The summed E-state index contributed by atoms with van der Waals surface area (Å²) >= 11 is 5.82. The van der Waals surface area contributed by atoms with Crippen molar-refractivity contribution in [2.45, 2.75) is 39.5 Å². The van der Waals surface area contributed by atoms with Gasteiger partial charge in [-0.1, -0.05) is 35.9 Å². The molecule has 1 amide bonds. The first-order chi connectivity index (χ1) is 16.8. The van der Waals surface area contributed by atoms with Crippen molar-refractivity contribution in [1.82, 2.24) is 5.32 Å². The average Bonchev–Trinajstić information content (AvgIpc) is 2.81. The van der Waals surface area contributed by atoms with Gasteiger partial charge in [0.2, 0.25) is 5.91 Å². The summed E-state index contributed by atoms with van der Waals surface area (Å²) in [6, 6.07) is 21.2. The van der Waals surface area contributed by atoms with Crippen molar-refractivity contribution >= 4 is 34.6 Å². The van der Waals surface area contributed by atoms with E-state index in [-0.39, 0.29) is 11.9 Å². The van der Waals surface area contributed by atoms with Gasteiger partial charge in [-0.2, -0.15) is 0 Å². The number of benzene rings is 3. The molecule has 2 aliphatic rings.